The Morgan fingerprint density at radius 3 is 2.15 bits per heavy atom. The summed E-state index contributed by atoms with van der Waals surface area (Å²) in [6, 6.07) is 0. The number of carbonyl (C=O) groups excluding carboxylic acids is 1. The van der Waals surface area contributed by atoms with Crippen molar-refractivity contribution in [2.45, 2.75) is 0 Å². The average Bonchev–Trinajstić information content (AvgIpc) is 2.66. The number of carbonyl (C=O) groups is 1. The van der Waals surface area contributed by atoms with E-state index in [2.05, 4.69) is 45.3 Å². The molecule has 0 bridgehead atoms. The third-order valence-corrected chi connectivity index (χ3v) is 4.81. The summed E-state index contributed by atoms with van der Waals surface area (Å²) in [5.41, 5.74) is -2.38. The highest BCUT2D eigenvalue weighted by Gasteiger charge is 2.15. The first-order chi connectivity index (χ1) is 15.4. The van der Waals surface area contributed by atoms with E-state index in [0.717, 1.165) is 6.26 Å². The Morgan fingerprint density at radius 2 is 1.58 bits per heavy atom. The van der Waals surface area contributed by atoms with Crippen LogP contribution in [-0.2, 0) is 24.9 Å². The van der Waals surface area contributed by atoms with Gasteiger partial charge in [-0.2, -0.15) is 23.4 Å². The molecule has 0 fully saturated rings. The minimum atomic E-state index is -4.28. The lowest BCUT2D eigenvalue weighted by Crippen LogP contribution is -2.28. The third-order valence-electron chi connectivity index (χ3n) is 3.36. The molecule has 0 aliphatic carbocycles. The number of nitrogens with one attached hydrogen (secondary N) is 6. The van der Waals surface area contributed by atoms with Crippen LogP contribution in [0.3, 0.4) is 0 Å². The second kappa shape index (κ2) is 10.8. The highest BCUT2D eigenvalue weighted by atomic mass is 32.2. The molecule has 0 aliphatic rings. The van der Waals surface area contributed by atoms with Crippen molar-refractivity contribution in [3.05, 3.63) is 20.8 Å². The molecule has 2 aromatic heterocycles. The first-order valence-electron chi connectivity index (χ1n) is 8.74. The molecular formula is C13H19N9O9S2. The molecule has 0 aromatic carbocycles. The van der Waals surface area contributed by atoms with E-state index in [4.69, 9.17) is 4.55 Å². The van der Waals surface area contributed by atoms with Gasteiger partial charge in [0.2, 0.25) is 33.7 Å². The summed E-state index contributed by atoms with van der Waals surface area (Å²) in [4.78, 5) is 50.0. The first kappa shape index (κ1) is 25.6. The molecule has 0 atom stereocenters. The molecule has 2 aromatic rings. The fraction of sp³-hybridized carbons (Fsp3) is 0.385. The zero-order valence-electron chi connectivity index (χ0n) is 16.8. The van der Waals surface area contributed by atoms with Crippen LogP contribution in [0.5, 0.6) is 5.88 Å². The predicted molar refractivity (Wildman–Crippen MR) is 114 cm³/mol. The summed E-state index contributed by atoms with van der Waals surface area (Å²) >= 11 is 0. The summed E-state index contributed by atoms with van der Waals surface area (Å²) in [5, 5.41) is 7.64. The zero-order chi connectivity index (χ0) is 24.6. The van der Waals surface area contributed by atoms with Crippen LogP contribution in [0.25, 0.3) is 0 Å². The fourth-order valence-corrected chi connectivity index (χ4v) is 2.95. The molecule has 2 heterocycles. The van der Waals surface area contributed by atoms with Crippen molar-refractivity contribution in [1.29, 1.82) is 0 Å². The largest absolute Gasteiger partial charge is 0.409 e. The molecule has 7 N–H and O–H groups in total. The van der Waals surface area contributed by atoms with Crippen molar-refractivity contribution in [2.24, 2.45) is 0 Å². The van der Waals surface area contributed by atoms with Crippen molar-refractivity contribution < 1.29 is 30.9 Å². The van der Waals surface area contributed by atoms with E-state index in [1.807, 2.05) is 4.98 Å². The van der Waals surface area contributed by atoms with Gasteiger partial charge in [-0.05, 0) is 0 Å². The molecule has 0 unspecified atom stereocenters. The number of hydrogen-bond acceptors (Lipinski definition) is 14. The predicted octanol–water partition coefficient (Wildman–Crippen LogP) is -3.21. The minimum absolute atomic E-state index is 0.0275. The number of sulfonamides is 1. The van der Waals surface area contributed by atoms with Gasteiger partial charge in [-0.3, -0.25) is 24.1 Å². The van der Waals surface area contributed by atoms with E-state index < -0.39 is 48.7 Å². The molecular weight excluding hydrogens is 490 g/mol. The molecule has 182 valence electrons. The number of aromatic amines is 2. The van der Waals surface area contributed by atoms with Crippen LogP contribution < -0.4 is 36.7 Å². The van der Waals surface area contributed by atoms with Gasteiger partial charge in [0.15, 0.2) is 5.69 Å². The minimum Gasteiger partial charge on any atom is -0.409 e. The van der Waals surface area contributed by atoms with Gasteiger partial charge >= 0.3 is 5.69 Å². The molecule has 0 amide bonds. The van der Waals surface area contributed by atoms with Crippen molar-refractivity contribution in [3.63, 3.8) is 0 Å². The Morgan fingerprint density at radius 1 is 0.970 bits per heavy atom. The third kappa shape index (κ3) is 9.18. The van der Waals surface area contributed by atoms with Crippen LogP contribution in [0.1, 0.15) is 0 Å². The van der Waals surface area contributed by atoms with Gasteiger partial charge in [0, 0.05) is 19.6 Å². The smallest absolute Gasteiger partial charge is 0.328 e. The number of ether oxygens (including phenoxy) is 1. The van der Waals surface area contributed by atoms with Gasteiger partial charge in [-0.25, -0.2) is 17.9 Å². The number of anilines is 4. The normalized spacial score (nSPS) is 11.6. The lowest BCUT2D eigenvalue weighted by Gasteiger charge is -2.12. The summed E-state index contributed by atoms with van der Waals surface area (Å²) in [7, 11) is -7.71. The fourth-order valence-electron chi connectivity index (χ4n) is 2.12. The van der Waals surface area contributed by atoms with E-state index in [-0.39, 0.29) is 44.0 Å². The number of hydrogen-bond donors (Lipinski definition) is 7. The van der Waals surface area contributed by atoms with Gasteiger partial charge in [-0.15, -0.1) is 0 Å². The van der Waals surface area contributed by atoms with Gasteiger partial charge < -0.3 is 20.7 Å². The molecule has 33 heavy (non-hydrogen) atoms. The molecule has 20 heteroatoms. The van der Waals surface area contributed by atoms with Crippen molar-refractivity contribution >= 4 is 50.1 Å². The van der Waals surface area contributed by atoms with Gasteiger partial charge in [0.05, 0.1) is 12.0 Å². The number of aromatic nitrogens is 5. The van der Waals surface area contributed by atoms with Crippen molar-refractivity contribution in [1.82, 2.24) is 29.6 Å². The molecule has 0 saturated heterocycles. The summed E-state index contributed by atoms with van der Waals surface area (Å²) < 4.78 is 59.7. The summed E-state index contributed by atoms with van der Waals surface area (Å²) in [6.07, 6.45) is 0.968. The zero-order valence-corrected chi connectivity index (χ0v) is 18.4. The van der Waals surface area contributed by atoms with Crippen LogP contribution in [0, 0.1) is 0 Å². The van der Waals surface area contributed by atoms with E-state index in [9.17, 15) is 31.2 Å². The van der Waals surface area contributed by atoms with Crippen LogP contribution in [-0.4, -0.2) is 84.4 Å². The molecule has 18 nitrogen and oxygen atoms in total. The Balaban J connectivity index is 2.31. The highest BCUT2D eigenvalue weighted by molar-refractivity contribution is 7.88. The maximum atomic E-state index is 12.1. The summed E-state index contributed by atoms with van der Waals surface area (Å²) in [5.74, 6) is -1.85. The number of H-pyrrole nitrogens is 2. The number of rotatable bonds is 13. The number of nitrogens with zero attached hydrogens (tertiary/aromatic N) is 3. The molecule has 0 saturated carbocycles. The lowest BCUT2D eigenvalue weighted by atomic mass is 10.5. The van der Waals surface area contributed by atoms with Crippen molar-refractivity contribution in [3.8, 4) is 5.88 Å². The topological polar surface area (TPSA) is 267 Å². The van der Waals surface area contributed by atoms with E-state index in [0.29, 0.717) is 0 Å². The van der Waals surface area contributed by atoms with Crippen molar-refractivity contribution in [2.75, 3.05) is 47.6 Å². The SMILES string of the molecule is CS(=O)(=O)NCCNc1nc(NCCS(=O)(=O)O)nc(Nc2c(OC=O)[nH]c(=O)[nH]c2=O)n1. The Bertz CT molecular complexity index is 1320. The summed E-state index contributed by atoms with van der Waals surface area (Å²) in [6.45, 7) is -0.334. The Kier molecular flexibility index (Phi) is 8.39. The highest BCUT2D eigenvalue weighted by Crippen LogP contribution is 2.19. The first-order valence-corrected chi connectivity index (χ1v) is 12.2. The van der Waals surface area contributed by atoms with E-state index >= 15 is 0 Å². The maximum Gasteiger partial charge on any atom is 0.328 e. The van der Waals surface area contributed by atoms with Gasteiger partial charge in [-0.1, -0.05) is 0 Å². The lowest BCUT2D eigenvalue weighted by molar-refractivity contribution is -0.120. The molecule has 0 spiro atoms. The van der Waals surface area contributed by atoms with Crippen LogP contribution in [0.4, 0.5) is 23.5 Å². The quantitative estimate of drug-likeness (QED) is 0.0795. The monoisotopic (exact) mass is 509 g/mol. The second-order valence-electron chi connectivity index (χ2n) is 6.06. The maximum absolute atomic E-state index is 12.1. The Labute approximate surface area is 185 Å². The van der Waals surface area contributed by atoms with Crippen LogP contribution in [0.15, 0.2) is 9.59 Å². The molecule has 2 rings (SSSR count). The second-order valence-corrected chi connectivity index (χ2v) is 9.47. The van der Waals surface area contributed by atoms with Gasteiger partial charge in [0.1, 0.15) is 0 Å². The van der Waals surface area contributed by atoms with Crippen LogP contribution >= 0.6 is 0 Å². The van der Waals surface area contributed by atoms with E-state index in [1.54, 1.807) is 0 Å². The molecule has 0 aliphatic heterocycles. The van der Waals surface area contributed by atoms with Gasteiger partial charge in [0.25, 0.3) is 22.1 Å². The molecule has 0 radical (unpaired) electrons. The Hall–Kier alpha value is -3.62. The van der Waals surface area contributed by atoms with Crippen LogP contribution in [0.2, 0.25) is 0 Å². The average molecular weight is 509 g/mol. The standard InChI is InChI=1S/C13H19N9O9S2/c1-32(26,27)16-3-2-14-10-20-11(15-4-5-33(28,29)30)22-12(21-10)17-7-8(24)18-13(25)19-9(7)31-6-23/h6,16H,2-5H2,1H3,(H,28,29,30)(H2,18,19,24,25)(H3,14,15,17,20,21,22). The van der Waals surface area contributed by atoms with E-state index in [1.165, 1.54) is 0 Å².